The predicted octanol–water partition coefficient (Wildman–Crippen LogP) is 2.36. The van der Waals surface area contributed by atoms with Crippen LogP contribution in [0.4, 0.5) is 4.79 Å². The lowest BCUT2D eigenvalue weighted by atomic mass is 9.96. The van der Waals surface area contributed by atoms with E-state index in [1.165, 1.54) is 0 Å². The van der Waals surface area contributed by atoms with Gasteiger partial charge in [-0.25, -0.2) is 4.79 Å². The van der Waals surface area contributed by atoms with Gasteiger partial charge in [-0.2, -0.15) is 5.10 Å². The van der Waals surface area contributed by atoms with E-state index in [-0.39, 0.29) is 18.1 Å². The zero-order valence-electron chi connectivity index (χ0n) is 13.5. The first-order chi connectivity index (χ1) is 10.8. The SMILES string of the molecule is CC(C)(C)OC(=O)N1CCC(C(Cc2cn[nH]c2I)OC=O)C1. The highest BCUT2D eigenvalue weighted by Gasteiger charge is 2.35. The molecule has 1 saturated heterocycles. The first-order valence-corrected chi connectivity index (χ1v) is 8.63. The van der Waals surface area contributed by atoms with Gasteiger partial charge in [-0.05, 0) is 49.8 Å². The van der Waals surface area contributed by atoms with Crippen molar-refractivity contribution in [3.8, 4) is 0 Å². The van der Waals surface area contributed by atoms with Gasteiger partial charge in [0.05, 0.1) is 9.90 Å². The number of nitrogens with zero attached hydrogens (tertiary/aromatic N) is 2. The molecular weight excluding hydrogens is 413 g/mol. The quantitative estimate of drug-likeness (QED) is 0.567. The Morgan fingerprint density at radius 2 is 2.35 bits per heavy atom. The van der Waals surface area contributed by atoms with Crippen molar-refractivity contribution in [1.29, 1.82) is 0 Å². The molecule has 1 amide bonds. The maximum absolute atomic E-state index is 12.1. The second kappa shape index (κ2) is 7.50. The number of nitrogens with one attached hydrogen (secondary N) is 1. The molecule has 1 aliphatic rings. The number of hydrogen-bond donors (Lipinski definition) is 1. The van der Waals surface area contributed by atoms with Crippen LogP contribution in [0.2, 0.25) is 0 Å². The summed E-state index contributed by atoms with van der Waals surface area (Å²) in [5.74, 6) is 0.0958. The Hall–Kier alpha value is -1.32. The summed E-state index contributed by atoms with van der Waals surface area (Å²) in [5, 5.41) is 6.85. The van der Waals surface area contributed by atoms with Crippen LogP contribution in [0, 0.1) is 9.62 Å². The fraction of sp³-hybridized carbons (Fsp3) is 0.667. The molecule has 8 heteroatoms. The molecule has 128 valence electrons. The number of halogens is 1. The molecule has 1 aliphatic heterocycles. The summed E-state index contributed by atoms with van der Waals surface area (Å²) < 4.78 is 11.6. The van der Waals surface area contributed by atoms with E-state index in [1.807, 2.05) is 20.8 Å². The lowest BCUT2D eigenvalue weighted by Gasteiger charge is -2.25. The van der Waals surface area contributed by atoms with E-state index in [0.717, 1.165) is 15.7 Å². The molecule has 23 heavy (non-hydrogen) atoms. The third-order valence-corrected chi connectivity index (χ3v) is 4.65. The number of aromatic nitrogens is 2. The van der Waals surface area contributed by atoms with Gasteiger partial charge in [0.25, 0.3) is 6.47 Å². The van der Waals surface area contributed by atoms with Crippen LogP contribution in [0.5, 0.6) is 0 Å². The number of rotatable bonds is 5. The highest BCUT2D eigenvalue weighted by molar-refractivity contribution is 14.1. The van der Waals surface area contributed by atoms with Crippen molar-refractivity contribution in [2.75, 3.05) is 13.1 Å². The molecule has 0 radical (unpaired) electrons. The molecule has 7 nitrogen and oxygen atoms in total. The summed E-state index contributed by atoms with van der Waals surface area (Å²) >= 11 is 2.16. The highest BCUT2D eigenvalue weighted by Crippen LogP contribution is 2.26. The van der Waals surface area contributed by atoms with Gasteiger partial charge in [-0.3, -0.25) is 9.89 Å². The van der Waals surface area contributed by atoms with Gasteiger partial charge in [0.1, 0.15) is 11.7 Å². The number of hydrogen-bond acceptors (Lipinski definition) is 5. The van der Waals surface area contributed by atoms with Gasteiger partial charge in [-0.15, -0.1) is 0 Å². The third-order valence-electron chi connectivity index (χ3n) is 3.72. The minimum absolute atomic E-state index is 0.0958. The lowest BCUT2D eigenvalue weighted by molar-refractivity contribution is -0.135. The van der Waals surface area contributed by atoms with E-state index < -0.39 is 5.60 Å². The molecular formula is C15H22IN3O4. The molecule has 2 heterocycles. The standard InChI is InChI=1S/C15H22IN3O4/c1-15(2,3)23-14(21)19-5-4-10(8-19)12(22-9-20)6-11-7-17-18-13(11)16/h7,9-10,12H,4-6,8H2,1-3H3,(H,17,18). The Morgan fingerprint density at radius 1 is 1.61 bits per heavy atom. The van der Waals surface area contributed by atoms with Gasteiger partial charge in [0.15, 0.2) is 0 Å². The van der Waals surface area contributed by atoms with Crippen molar-refractivity contribution >= 4 is 35.2 Å². The Bertz CT molecular complexity index is 555. The molecule has 0 aromatic carbocycles. The molecule has 2 atom stereocenters. The van der Waals surface area contributed by atoms with E-state index in [2.05, 4.69) is 32.8 Å². The summed E-state index contributed by atoms with van der Waals surface area (Å²) in [6.45, 7) is 7.16. The van der Waals surface area contributed by atoms with Crippen LogP contribution in [0.15, 0.2) is 6.20 Å². The average Bonchev–Trinajstić information content (AvgIpc) is 3.06. The van der Waals surface area contributed by atoms with Crippen molar-refractivity contribution in [2.45, 2.75) is 45.3 Å². The molecule has 0 aliphatic carbocycles. The third kappa shape index (κ3) is 5.08. The molecule has 2 unspecified atom stereocenters. The van der Waals surface area contributed by atoms with Gasteiger partial charge in [-0.1, -0.05) is 0 Å². The maximum Gasteiger partial charge on any atom is 0.410 e. The number of amides is 1. The summed E-state index contributed by atoms with van der Waals surface area (Å²) in [4.78, 5) is 24.6. The van der Waals surface area contributed by atoms with Crippen molar-refractivity contribution in [1.82, 2.24) is 15.1 Å². The van der Waals surface area contributed by atoms with Crippen LogP contribution in [-0.4, -0.2) is 52.5 Å². The lowest BCUT2D eigenvalue weighted by Crippen LogP contribution is -2.37. The number of carbonyl (C=O) groups excluding carboxylic acids is 2. The molecule has 2 rings (SSSR count). The number of carbonyl (C=O) groups is 2. The van der Waals surface area contributed by atoms with Crippen LogP contribution in [0.25, 0.3) is 0 Å². The van der Waals surface area contributed by atoms with Crippen molar-refractivity contribution in [2.24, 2.45) is 5.92 Å². The van der Waals surface area contributed by atoms with Crippen LogP contribution in [-0.2, 0) is 20.7 Å². The molecule has 1 fully saturated rings. The minimum atomic E-state index is -0.513. The molecule has 1 aromatic rings. The maximum atomic E-state index is 12.1. The van der Waals surface area contributed by atoms with Crippen molar-refractivity contribution < 1.29 is 19.1 Å². The van der Waals surface area contributed by atoms with Crippen molar-refractivity contribution in [3.63, 3.8) is 0 Å². The van der Waals surface area contributed by atoms with Gasteiger partial charge in [0, 0.05) is 31.0 Å². The van der Waals surface area contributed by atoms with E-state index in [0.29, 0.717) is 26.0 Å². The largest absolute Gasteiger partial charge is 0.464 e. The number of H-pyrrole nitrogens is 1. The molecule has 0 spiro atoms. The summed E-state index contributed by atoms with van der Waals surface area (Å²) in [6, 6.07) is 0. The van der Waals surface area contributed by atoms with Gasteiger partial charge >= 0.3 is 6.09 Å². The Morgan fingerprint density at radius 3 is 2.91 bits per heavy atom. The monoisotopic (exact) mass is 435 g/mol. The molecule has 0 bridgehead atoms. The summed E-state index contributed by atoms with van der Waals surface area (Å²) in [6.07, 6.45) is 2.52. The molecule has 1 aromatic heterocycles. The fourth-order valence-corrected chi connectivity index (χ4v) is 3.13. The average molecular weight is 435 g/mol. The normalized spacial score (nSPS) is 19.5. The molecule has 0 saturated carbocycles. The Labute approximate surface area is 149 Å². The van der Waals surface area contributed by atoms with E-state index in [1.54, 1.807) is 11.1 Å². The first-order valence-electron chi connectivity index (χ1n) is 7.55. The van der Waals surface area contributed by atoms with Crippen LogP contribution < -0.4 is 0 Å². The number of likely N-dealkylation sites (tertiary alicyclic amines) is 1. The first kappa shape index (κ1) is 18.0. The van der Waals surface area contributed by atoms with E-state index in [4.69, 9.17) is 9.47 Å². The fourth-order valence-electron chi connectivity index (χ4n) is 2.63. The topological polar surface area (TPSA) is 84.5 Å². The zero-order chi connectivity index (χ0) is 17.0. The van der Waals surface area contributed by atoms with Crippen LogP contribution in [0.3, 0.4) is 0 Å². The van der Waals surface area contributed by atoms with Crippen LogP contribution >= 0.6 is 22.6 Å². The molecule has 1 N–H and O–H groups in total. The second-order valence-corrected chi connectivity index (χ2v) is 7.74. The predicted molar refractivity (Wildman–Crippen MR) is 91.9 cm³/mol. The summed E-state index contributed by atoms with van der Waals surface area (Å²) in [7, 11) is 0. The minimum Gasteiger partial charge on any atom is -0.464 e. The highest BCUT2D eigenvalue weighted by atomic mass is 127. The van der Waals surface area contributed by atoms with Crippen LogP contribution in [0.1, 0.15) is 32.8 Å². The van der Waals surface area contributed by atoms with Gasteiger partial charge in [0.2, 0.25) is 0 Å². The Balaban J connectivity index is 1.97. The number of aromatic amines is 1. The smallest absolute Gasteiger partial charge is 0.410 e. The Kier molecular flexibility index (Phi) is 5.88. The van der Waals surface area contributed by atoms with Crippen molar-refractivity contribution in [3.05, 3.63) is 15.5 Å². The number of ether oxygens (including phenoxy) is 2. The zero-order valence-corrected chi connectivity index (χ0v) is 15.7. The van der Waals surface area contributed by atoms with Gasteiger partial charge < -0.3 is 14.4 Å². The second-order valence-electron chi connectivity index (χ2n) is 6.66. The van der Waals surface area contributed by atoms with E-state index >= 15 is 0 Å². The summed E-state index contributed by atoms with van der Waals surface area (Å²) in [5.41, 5.74) is 0.494. The van der Waals surface area contributed by atoms with E-state index in [9.17, 15) is 9.59 Å².